The molecule has 0 bridgehead atoms. The van der Waals surface area contributed by atoms with E-state index in [0.29, 0.717) is 6.42 Å². The topological polar surface area (TPSA) is 102 Å². The lowest BCUT2D eigenvalue weighted by molar-refractivity contribution is -0.137. The second-order valence-electron chi connectivity index (χ2n) is 4.05. The van der Waals surface area contributed by atoms with Crippen LogP contribution >= 0.6 is 15.9 Å². The van der Waals surface area contributed by atoms with Gasteiger partial charge in [0.25, 0.3) is 5.91 Å². The van der Waals surface area contributed by atoms with E-state index in [1.165, 1.54) is 6.20 Å². The third-order valence-electron chi connectivity index (χ3n) is 2.46. The summed E-state index contributed by atoms with van der Waals surface area (Å²) >= 11 is 3.34. The van der Waals surface area contributed by atoms with E-state index in [1.54, 1.807) is 12.1 Å². The van der Waals surface area contributed by atoms with Crippen molar-refractivity contribution in [2.75, 3.05) is 11.9 Å². The number of hydrogen-bond donors (Lipinski definition) is 3. The van der Waals surface area contributed by atoms with Crippen molar-refractivity contribution in [2.24, 2.45) is 0 Å². The van der Waals surface area contributed by atoms with Crippen LogP contribution in [0.1, 0.15) is 12.8 Å². The van der Waals surface area contributed by atoms with Gasteiger partial charge in [0.05, 0.1) is 5.69 Å². The molecule has 0 aromatic heterocycles. The van der Waals surface area contributed by atoms with Gasteiger partial charge in [-0.3, -0.25) is 9.59 Å². The number of carboxylic acids is 1. The van der Waals surface area contributed by atoms with E-state index in [4.69, 9.17) is 10.4 Å². The largest absolute Gasteiger partial charge is 0.481 e. The lowest BCUT2D eigenvalue weighted by atomic mass is 10.2. The highest BCUT2D eigenvalue weighted by Gasteiger charge is 2.08. The maximum absolute atomic E-state index is 11.7. The van der Waals surface area contributed by atoms with Crippen LogP contribution in [0.3, 0.4) is 0 Å². The molecule has 0 unspecified atom stereocenters. The van der Waals surface area contributed by atoms with Crippen LogP contribution in [0.5, 0.6) is 0 Å². The average molecular weight is 352 g/mol. The summed E-state index contributed by atoms with van der Waals surface area (Å²) in [5.74, 6) is -1.46. The molecule has 1 aromatic rings. The van der Waals surface area contributed by atoms with Gasteiger partial charge in [-0.05, 0) is 34.5 Å². The molecule has 1 aromatic carbocycles. The molecule has 0 saturated carbocycles. The number of hydrogen-bond acceptors (Lipinski definition) is 4. The van der Waals surface area contributed by atoms with E-state index in [-0.39, 0.29) is 18.5 Å². The predicted octanol–water partition coefficient (Wildman–Crippen LogP) is 2.25. The number of anilines is 1. The van der Waals surface area contributed by atoms with Crippen LogP contribution in [0.25, 0.3) is 0 Å². The van der Waals surface area contributed by atoms with Crippen LogP contribution in [0.4, 0.5) is 5.69 Å². The Morgan fingerprint density at radius 1 is 1.38 bits per heavy atom. The van der Waals surface area contributed by atoms with Crippen LogP contribution in [-0.4, -0.2) is 23.5 Å². The van der Waals surface area contributed by atoms with E-state index < -0.39 is 11.9 Å². The minimum Gasteiger partial charge on any atom is -0.481 e. The molecule has 0 saturated heterocycles. The third-order valence-corrected chi connectivity index (χ3v) is 3.16. The number of carbonyl (C=O) groups excluding carboxylic acids is 1. The van der Waals surface area contributed by atoms with Gasteiger partial charge in [-0.1, -0.05) is 12.1 Å². The third kappa shape index (κ3) is 6.10. The number of nitrogens with one attached hydrogen (secondary N) is 2. The molecular formula is C14H14BrN3O3. The Labute approximate surface area is 130 Å². The fraction of sp³-hybridized carbons (Fsp3) is 0.214. The van der Waals surface area contributed by atoms with Gasteiger partial charge in [0.15, 0.2) is 0 Å². The molecule has 0 radical (unpaired) electrons. The number of aliphatic carboxylic acids is 1. The van der Waals surface area contributed by atoms with Crippen molar-refractivity contribution in [3.8, 4) is 6.07 Å². The van der Waals surface area contributed by atoms with Crippen LogP contribution in [0, 0.1) is 11.3 Å². The van der Waals surface area contributed by atoms with Crippen molar-refractivity contribution in [1.29, 1.82) is 5.26 Å². The predicted molar refractivity (Wildman–Crippen MR) is 81.3 cm³/mol. The normalized spacial score (nSPS) is 10.6. The summed E-state index contributed by atoms with van der Waals surface area (Å²) in [5.41, 5.74) is 0.644. The summed E-state index contributed by atoms with van der Waals surface area (Å²) in [7, 11) is 0. The van der Waals surface area contributed by atoms with Gasteiger partial charge in [0.2, 0.25) is 0 Å². The number of halogens is 1. The Bertz CT molecular complexity index is 593. The lowest BCUT2D eigenvalue weighted by Crippen LogP contribution is -2.26. The Kier molecular flexibility index (Phi) is 6.98. The van der Waals surface area contributed by atoms with Crippen LogP contribution in [-0.2, 0) is 9.59 Å². The first-order chi connectivity index (χ1) is 10.0. The van der Waals surface area contributed by atoms with Gasteiger partial charge in [-0.15, -0.1) is 0 Å². The molecule has 110 valence electrons. The standard InChI is InChI=1S/C14H14BrN3O3/c15-11-4-1-2-5-12(11)18-9-10(8-16)14(21)17-7-3-6-13(19)20/h1-2,4-5,9,18H,3,6-7H2,(H,17,21)(H,19,20)/b10-9-. The number of rotatable bonds is 7. The highest BCUT2D eigenvalue weighted by atomic mass is 79.9. The van der Waals surface area contributed by atoms with Crippen LogP contribution in [0.15, 0.2) is 40.5 Å². The van der Waals surface area contributed by atoms with E-state index in [1.807, 2.05) is 18.2 Å². The maximum Gasteiger partial charge on any atom is 0.303 e. The van der Waals surface area contributed by atoms with Crippen LogP contribution in [0.2, 0.25) is 0 Å². The Morgan fingerprint density at radius 2 is 2.10 bits per heavy atom. The van der Waals surface area contributed by atoms with Crippen molar-refractivity contribution < 1.29 is 14.7 Å². The summed E-state index contributed by atoms with van der Waals surface area (Å²) in [6.45, 7) is 0.208. The fourth-order valence-corrected chi connectivity index (χ4v) is 1.81. The summed E-state index contributed by atoms with van der Waals surface area (Å²) in [6, 6.07) is 9.08. The molecule has 0 fully saturated rings. The molecule has 0 aliphatic carbocycles. The Morgan fingerprint density at radius 3 is 2.71 bits per heavy atom. The second-order valence-corrected chi connectivity index (χ2v) is 4.90. The zero-order valence-corrected chi connectivity index (χ0v) is 12.7. The summed E-state index contributed by atoms with van der Waals surface area (Å²) in [5, 5.41) is 22.8. The minimum atomic E-state index is -0.920. The molecule has 0 aliphatic rings. The molecule has 0 spiro atoms. The number of para-hydroxylation sites is 1. The summed E-state index contributed by atoms with van der Waals surface area (Å²) in [6.07, 6.45) is 1.60. The summed E-state index contributed by atoms with van der Waals surface area (Å²) < 4.78 is 0.806. The quantitative estimate of drug-likeness (QED) is 0.397. The summed E-state index contributed by atoms with van der Waals surface area (Å²) in [4.78, 5) is 22.1. The number of benzene rings is 1. The van der Waals surface area contributed by atoms with Gasteiger partial charge < -0.3 is 15.7 Å². The zero-order chi connectivity index (χ0) is 15.7. The zero-order valence-electron chi connectivity index (χ0n) is 11.1. The van der Waals surface area contributed by atoms with E-state index in [0.717, 1.165) is 10.2 Å². The van der Waals surface area contributed by atoms with Crippen molar-refractivity contribution in [1.82, 2.24) is 5.32 Å². The number of nitrogens with zero attached hydrogens (tertiary/aromatic N) is 1. The first-order valence-electron chi connectivity index (χ1n) is 6.16. The van der Waals surface area contributed by atoms with Gasteiger partial charge >= 0.3 is 5.97 Å². The maximum atomic E-state index is 11.7. The number of carboxylic acid groups (broad SMARTS) is 1. The second kappa shape index (κ2) is 8.76. The van der Waals surface area contributed by atoms with E-state index in [2.05, 4.69) is 26.6 Å². The lowest BCUT2D eigenvalue weighted by Gasteiger charge is -2.05. The van der Waals surface area contributed by atoms with Crippen molar-refractivity contribution in [2.45, 2.75) is 12.8 Å². The van der Waals surface area contributed by atoms with E-state index in [9.17, 15) is 9.59 Å². The van der Waals surface area contributed by atoms with Gasteiger partial charge in [-0.2, -0.15) is 5.26 Å². The monoisotopic (exact) mass is 351 g/mol. The molecule has 1 amide bonds. The van der Waals surface area contributed by atoms with Crippen molar-refractivity contribution in [3.63, 3.8) is 0 Å². The molecule has 7 heteroatoms. The first kappa shape index (κ1) is 16.7. The highest BCUT2D eigenvalue weighted by Crippen LogP contribution is 2.21. The molecule has 0 atom stereocenters. The average Bonchev–Trinajstić information content (AvgIpc) is 2.46. The van der Waals surface area contributed by atoms with Gasteiger partial charge in [0.1, 0.15) is 11.6 Å². The fourth-order valence-electron chi connectivity index (χ4n) is 1.41. The smallest absolute Gasteiger partial charge is 0.303 e. The molecule has 3 N–H and O–H groups in total. The van der Waals surface area contributed by atoms with Crippen molar-refractivity contribution >= 4 is 33.5 Å². The first-order valence-corrected chi connectivity index (χ1v) is 6.95. The van der Waals surface area contributed by atoms with Gasteiger partial charge in [-0.25, -0.2) is 0 Å². The van der Waals surface area contributed by atoms with Gasteiger partial charge in [0, 0.05) is 23.6 Å². The van der Waals surface area contributed by atoms with E-state index >= 15 is 0 Å². The Balaban J connectivity index is 2.55. The molecule has 0 heterocycles. The SMILES string of the molecule is N#C/C(=C/Nc1ccccc1Br)C(=O)NCCCC(=O)O. The molecule has 6 nitrogen and oxygen atoms in total. The number of nitriles is 1. The van der Waals surface area contributed by atoms with Crippen LogP contribution < -0.4 is 10.6 Å². The van der Waals surface area contributed by atoms with Crippen molar-refractivity contribution in [3.05, 3.63) is 40.5 Å². The number of amides is 1. The minimum absolute atomic E-state index is 0.0267. The Hall–Kier alpha value is -2.33. The molecular weight excluding hydrogens is 338 g/mol. The molecule has 1 rings (SSSR count). The molecule has 0 aliphatic heterocycles. The highest BCUT2D eigenvalue weighted by molar-refractivity contribution is 9.10. The molecule has 21 heavy (non-hydrogen) atoms. The number of carbonyl (C=O) groups is 2.